The van der Waals surface area contributed by atoms with Crippen molar-refractivity contribution in [2.45, 2.75) is 26.1 Å². The van der Waals surface area contributed by atoms with Crippen molar-refractivity contribution in [3.05, 3.63) is 23.8 Å². The molecule has 0 aromatic heterocycles. The van der Waals surface area contributed by atoms with Gasteiger partial charge >= 0.3 is 13.1 Å². The third kappa shape index (κ3) is 3.30. The van der Waals surface area contributed by atoms with E-state index in [2.05, 4.69) is 0 Å². The number of benzene rings is 1. The Hall–Kier alpha value is -1.57. The average Bonchev–Trinajstić information content (AvgIpc) is 2.72. The van der Waals surface area contributed by atoms with Gasteiger partial charge in [-0.3, -0.25) is 4.79 Å². The summed E-state index contributed by atoms with van der Waals surface area (Å²) >= 11 is 0. The van der Waals surface area contributed by atoms with Gasteiger partial charge < -0.3 is 24.9 Å². The molecule has 0 spiro atoms. The third-order valence-electron chi connectivity index (χ3n) is 3.03. The second-order valence-electron chi connectivity index (χ2n) is 4.73. The number of hydrogen-bond donors (Lipinski definition) is 2. The van der Waals surface area contributed by atoms with Crippen LogP contribution in [-0.4, -0.2) is 37.4 Å². The number of hydrogen-bond acceptors (Lipinski definition) is 6. The first-order valence-electron chi connectivity index (χ1n) is 6.48. The van der Waals surface area contributed by atoms with Gasteiger partial charge in [-0.15, -0.1) is 0 Å². The highest BCUT2D eigenvalue weighted by molar-refractivity contribution is 6.61. The Morgan fingerprint density at radius 1 is 1.60 bits per heavy atom. The molecule has 0 saturated heterocycles. The lowest BCUT2D eigenvalue weighted by atomic mass is 9.79. The summed E-state index contributed by atoms with van der Waals surface area (Å²) in [6, 6.07) is 5.33. The molecule has 7 heteroatoms. The van der Waals surface area contributed by atoms with E-state index in [1.54, 1.807) is 19.1 Å². The quantitative estimate of drug-likeness (QED) is 0.569. The number of fused-ring (bicyclic) bond motifs is 1. The molecule has 2 atom stereocenters. The monoisotopic (exact) mass is 279 g/mol. The Morgan fingerprint density at radius 3 is 3.00 bits per heavy atom. The molecule has 1 heterocycles. The second kappa shape index (κ2) is 6.26. The minimum absolute atomic E-state index is 0.246. The number of nitrogens with two attached hydrogens (primary N) is 1. The fraction of sp³-hybridized carbons (Fsp3) is 0.462. The molecule has 2 unspecified atom stereocenters. The van der Waals surface area contributed by atoms with E-state index in [0.717, 1.165) is 5.56 Å². The highest BCUT2D eigenvalue weighted by atomic mass is 16.6. The fourth-order valence-corrected chi connectivity index (χ4v) is 2.17. The molecule has 1 aromatic carbocycles. The van der Waals surface area contributed by atoms with Crippen LogP contribution in [0.3, 0.4) is 0 Å². The smallest absolute Gasteiger partial charge is 0.490 e. The summed E-state index contributed by atoms with van der Waals surface area (Å²) < 4.78 is 15.8. The Bertz CT molecular complexity index is 496. The molecule has 0 saturated carbocycles. The topological polar surface area (TPSA) is 91.0 Å². The lowest BCUT2D eigenvalue weighted by Gasteiger charge is -2.14. The first-order valence-corrected chi connectivity index (χ1v) is 6.48. The van der Waals surface area contributed by atoms with Crippen LogP contribution in [0, 0.1) is 0 Å². The van der Waals surface area contributed by atoms with E-state index in [4.69, 9.17) is 19.9 Å². The van der Waals surface area contributed by atoms with Gasteiger partial charge in [0.15, 0.2) is 0 Å². The highest BCUT2D eigenvalue weighted by Crippen LogP contribution is 2.25. The van der Waals surface area contributed by atoms with Gasteiger partial charge in [0, 0.05) is 13.5 Å². The maximum Gasteiger partial charge on any atom is 0.492 e. The largest absolute Gasteiger partial charge is 0.492 e. The van der Waals surface area contributed by atoms with Crippen molar-refractivity contribution in [1.29, 1.82) is 0 Å². The molecule has 1 aliphatic heterocycles. The van der Waals surface area contributed by atoms with Crippen molar-refractivity contribution >= 4 is 18.6 Å². The van der Waals surface area contributed by atoms with Crippen LogP contribution >= 0.6 is 0 Å². The van der Waals surface area contributed by atoms with E-state index in [9.17, 15) is 9.82 Å². The Labute approximate surface area is 118 Å². The summed E-state index contributed by atoms with van der Waals surface area (Å²) in [5, 5.41) is 9.80. The molecule has 0 radical (unpaired) electrons. The number of carbonyl (C=O) groups is 1. The maximum absolute atomic E-state index is 10.8. The lowest BCUT2D eigenvalue weighted by Crippen LogP contribution is -2.28. The molecule has 0 amide bonds. The summed E-state index contributed by atoms with van der Waals surface area (Å²) in [6.07, 6.45) is -0.618. The molecule has 1 aliphatic rings. The Balaban J connectivity index is 2.01. The summed E-state index contributed by atoms with van der Waals surface area (Å²) in [6.45, 7) is 3.66. The predicted octanol–water partition coefficient (Wildman–Crippen LogP) is -0.265. The number of carbonyl (C=O) groups excluding carboxylic acids is 1. The summed E-state index contributed by atoms with van der Waals surface area (Å²) in [4.78, 5) is 10.8. The van der Waals surface area contributed by atoms with Crippen LogP contribution in [-0.2, 0) is 14.2 Å². The number of rotatable bonds is 5. The summed E-state index contributed by atoms with van der Waals surface area (Å²) in [5.74, 6) is 0.243. The van der Waals surface area contributed by atoms with Gasteiger partial charge in [-0.05, 0) is 30.1 Å². The molecule has 3 N–H and O–H groups in total. The van der Waals surface area contributed by atoms with E-state index >= 15 is 0 Å². The normalized spacial score (nSPS) is 18.6. The highest BCUT2D eigenvalue weighted by Gasteiger charge is 2.34. The van der Waals surface area contributed by atoms with E-state index < -0.39 is 7.12 Å². The number of esters is 1. The zero-order chi connectivity index (χ0) is 14.7. The molecular formula is C13H18BNO5. The molecule has 108 valence electrons. The van der Waals surface area contributed by atoms with Gasteiger partial charge in [-0.25, -0.2) is 0 Å². The molecule has 6 nitrogen and oxygen atoms in total. The average molecular weight is 279 g/mol. The van der Waals surface area contributed by atoms with Crippen LogP contribution in [0.5, 0.6) is 5.75 Å². The van der Waals surface area contributed by atoms with Crippen molar-refractivity contribution in [2.24, 2.45) is 5.73 Å². The minimum atomic E-state index is -0.979. The summed E-state index contributed by atoms with van der Waals surface area (Å²) in [5.41, 5.74) is 7.12. The standard InChI is InChI=1S/C13H18BNO5/c1-8(19-9(2)16)7-18-10-3-4-11-12(5-10)14(17)20-13(11)6-15/h3-5,8,13,17H,6-7,15H2,1-2H3. The van der Waals surface area contributed by atoms with Crippen molar-refractivity contribution in [3.63, 3.8) is 0 Å². The van der Waals surface area contributed by atoms with E-state index in [0.29, 0.717) is 17.8 Å². The summed E-state index contributed by atoms with van der Waals surface area (Å²) in [7, 11) is -0.979. The van der Waals surface area contributed by atoms with Crippen LogP contribution < -0.4 is 15.9 Å². The van der Waals surface area contributed by atoms with Crippen LogP contribution in [0.1, 0.15) is 25.5 Å². The van der Waals surface area contributed by atoms with E-state index in [1.807, 2.05) is 6.07 Å². The molecular weight excluding hydrogens is 261 g/mol. The Kier molecular flexibility index (Phi) is 4.64. The van der Waals surface area contributed by atoms with Crippen molar-refractivity contribution in [3.8, 4) is 5.75 Å². The van der Waals surface area contributed by atoms with Gasteiger partial charge in [0.05, 0.1) is 6.10 Å². The Morgan fingerprint density at radius 2 is 2.35 bits per heavy atom. The molecule has 0 bridgehead atoms. The fourth-order valence-electron chi connectivity index (χ4n) is 2.17. The van der Waals surface area contributed by atoms with Crippen molar-refractivity contribution in [1.82, 2.24) is 0 Å². The molecule has 0 fully saturated rings. The second-order valence-corrected chi connectivity index (χ2v) is 4.73. The zero-order valence-electron chi connectivity index (χ0n) is 11.5. The predicted molar refractivity (Wildman–Crippen MR) is 73.7 cm³/mol. The van der Waals surface area contributed by atoms with Gasteiger partial charge in [0.25, 0.3) is 0 Å². The first-order chi connectivity index (χ1) is 9.51. The molecule has 20 heavy (non-hydrogen) atoms. The van der Waals surface area contributed by atoms with E-state index in [-0.39, 0.29) is 24.8 Å². The SMILES string of the molecule is CC(=O)OC(C)COc1ccc2c(c1)B(O)OC2CN. The zero-order valence-corrected chi connectivity index (χ0v) is 11.5. The van der Waals surface area contributed by atoms with Gasteiger partial charge in [-0.2, -0.15) is 0 Å². The maximum atomic E-state index is 10.8. The van der Waals surface area contributed by atoms with Crippen LogP contribution in [0.25, 0.3) is 0 Å². The van der Waals surface area contributed by atoms with Gasteiger partial charge in [-0.1, -0.05) is 6.07 Å². The van der Waals surface area contributed by atoms with Crippen molar-refractivity contribution in [2.75, 3.05) is 13.2 Å². The third-order valence-corrected chi connectivity index (χ3v) is 3.03. The van der Waals surface area contributed by atoms with Crippen molar-refractivity contribution < 1.29 is 23.9 Å². The van der Waals surface area contributed by atoms with Gasteiger partial charge in [0.1, 0.15) is 18.5 Å². The van der Waals surface area contributed by atoms with Crippen LogP contribution in [0.15, 0.2) is 18.2 Å². The molecule has 0 aliphatic carbocycles. The van der Waals surface area contributed by atoms with Gasteiger partial charge in [0.2, 0.25) is 0 Å². The first kappa shape index (κ1) is 14.8. The van der Waals surface area contributed by atoms with E-state index in [1.165, 1.54) is 6.92 Å². The molecule has 1 aromatic rings. The lowest BCUT2D eigenvalue weighted by molar-refractivity contribution is -0.146. The van der Waals surface area contributed by atoms with Crippen LogP contribution in [0.4, 0.5) is 0 Å². The van der Waals surface area contributed by atoms with Crippen LogP contribution in [0.2, 0.25) is 0 Å². The number of ether oxygens (including phenoxy) is 2. The molecule has 2 rings (SSSR count). The minimum Gasteiger partial charge on any atom is -0.490 e.